The molecule has 0 amide bonds. The van der Waals surface area contributed by atoms with Crippen LogP contribution in [-0.4, -0.2) is 35.3 Å². The number of aliphatic hydroxyl groups excluding tert-OH is 1. The first-order valence-electron chi connectivity index (χ1n) is 4.67. The van der Waals surface area contributed by atoms with Crippen LogP contribution in [0.4, 0.5) is 13.2 Å². The van der Waals surface area contributed by atoms with Gasteiger partial charge in [-0.2, -0.15) is 18.3 Å². The third kappa shape index (κ3) is 3.59. The molecule has 0 spiro atoms. The molecule has 0 fully saturated rings. The van der Waals surface area contributed by atoms with Gasteiger partial charge in [0, 0.05) is 11.8 Å². The van der Waals surface area contributed by atoms with Crippen molar-refractivity contribution in [3.05, 3.63) is 16.4 Å². The monoisotopic (exact) mass is 306 g/mol. The van der Waals surface area contributed by atoms with Crippen LogP contribution in [0.3, 0.4) is 0 Å². The molecule has 10 heteroatoms. The van der Waals surface area contributed by atoms with Gasteiger partial charge in [-0.05, 0) is 0 Å². The molecule has 1 aromatic rings. The molecule has 1 aromatic heterocycles. The zero-order chi connectivity index (χ0) is 14.1. The average Bonchev–Trinajstić information content (AvgIpc) is 2.50. The van der Waals surface area contributed by atoms with E-state index in [1.54, 1.807) is 0 Å². The first-order valence-corrected chi connectivity index (χ1v) is 7.11. The van der Waals surface area contributed by atoms with E-state index in [1.165, 1.54) is 0 Å². The molecule has 1 N–H and O–H groups in total. The molecule has 0 saturated heterocycles. The van der Waals surface area contributed by atoms with Crippen LogP contribution in [0, 0.1) is 0 Å². The highest BCUT2D eigenvalue weighted by atomic mass is 35.5. The smallest absolute Gasteiger partial charge is 0.391 e. The van der Waals surface area contributed by atoms with E-state index in [9.17, 15) is 21.6 Å². The summed E-state index contributed by atoms with van der Waals surface area (Å²) in [5, 5.41) is 11.6. The Balaban J connectivity index is 3.12. The SMILES string of the molecule is CS(=O)(=O)CCn1nc(C(F)(F)F)c(CO)c1Cl. The predicted molar refractivity (Wildman–Crippen MR) is 57.9 cm³/mol. The van der Waals surface area contributed by atoms with Gasteiger partial charge < -0.3 is 5.11 Å². The number of rotatable bonds is 4. The van der Waals surface area contributed by atoms with Crippen molar-refractivity contribution in [2.75, 3.05) is 12.0 Å². The third-order valence-electron chi connectivity index (χ3n) is 2.08. The summed E-state index contributed by atoms with van der Waals surface area (Å²) in [6.07, 6.45) is -3.81. The number of aromatic nitrogens is 2. The van der Waals surface area contributed by atoms with Gasteiger partial charge in [0.15, 0.2) is 5.69 Å². The minimum Gasteiger partial charge on any atom is -0.391 e. The molecule has 5 nitrogen and oxygen atoms in total. The summed E-state index contributed by atoms with van der Waals surface area (Å²) in [5.41, 5.74) is -1.86. The highest BCUT2D eigenvalue weighted by Crippen LogP contribution is 2.34. The van der Waals surface area contributed by atoms with E-state index >= 15 is 0 Å². The molecule has 0 aliphatic rings. The number of hydrogen-bond acceptors (Lipinski definition) is 4. The van der Waals surface area contributed by atoms with Crippen LogP contribution >= 0.6 is 11.6 Å². The fourth-order valence-electron chi connectivity index (χ4n) is 1.25. The molecular formula is C8H10ClF3N2O3S. The Kier molecular flexibility index (Phi) is 4.29. The van der Waals surface area contributed by atoms with Crippen LogP contribution in [-0.2, 0) is 29.2 Å². The van der Waals surface area contributed by atoms with E-state index in [0.29, 0.717) is 0 Å². The topological polar surface area (TPSA) is 72.2 Å². The largest absolute Gasteiger partial charge is 0.435 e. The van der Waals surface area contributed by atoms with E-state index in [4.69, 9.17) is 16.7 Å². The lowest BCUT2D eigenvalue weighted by Crippen LogP contribution is -2.14. The Labute approximate surface area is 106 Å². The Hall–Kier alpha value is -0.800. The summed E-state index contributed by atoms with van der Waals surface area (Å²) in [7, 11) is -3.35. The highest BCUT2D eigenvalue weighted by Gasteiger charge is 2.38. The molecule has 1 rings (SSSR count). The number of hydrogen-bond donors (Lipinski definition) is 1. The second-order valence-corrected chi connectivity index (χ2v) is 6.24. The van der Waals surface area contributed by atoms with Crippen LogP contribution in [0.1, 0.15) is 11.3 Å². The minimum atomic E-state index is -4.75. The fraction of sp³-hybridized carbons (Fsp3) is 0.625. The molecular weight excluding hydrogens is 297 g/mol. The molecule has 0 unspecified atom stereocenters. The van der Waals surface area contributed by atoms with Crippen molar-refractivity contribution in [2.45, 2.75) is 19.3 Å². The predicted octanol–water partition coefficient (Wildman–Crippen LogP) is 1.09. The Morgan fingerprint density at radius 1 is 1.44 bits per heavy atom. The normalized spacial score (nSPS) is 13.0. The van der Waals surface area contributed by atoms with Crippen molar-refractivity contribution in [3.8, 4) is 0 Å². The van der Waals surface area contributed by atoms with Gasteiger partial charge in [-0.15, -0.1) is 0 Å². The molecule has 1 heterocycles. The Morgan fingerprint density at radius 3 is 2.33 bits per heavy atom. The summed E-state index contributed by atoms with van der Waals surface area (Å²) in [4.78, 5) is 0. The summed E-state index contributed by atoms with van der Waals surface area (Å²) in [6, 6.07) is 0. The van der Waals surface area contributed by atoms with Gasteiger partial charge in [-0.25, -0.2) is 8.42 Å². The molecule has 0 aliphatic carbocycles. The second kappa shape index (κ2) is 5.06. The molecule has 0 atom stereocenters. The second-order valence-electron chi connectivity index (χ2n) is 3.63. The summed E-state index contributed by atoms with van der Waals surface area (Å²) in [6.45, 7) is -1.23. The number of halogens is 4. The first-order chi connectivity index (χ1) is 8.06. The van der Waals surface area contributed by atoms with Crippen LogP contribution < -0.4 is 0 Å². The fourth-order valence-corrected chi connectivity index (χ4v) is 2.02. The molecule has 0 aromatic carbocycles. The standard InChI is InChI=1S/C8H10ClF3N2O3S/c1-18(16,17)3-2-14-7(9)5(4-15)6(13-14)8(10,11)12/h15H,2-4H2,1H3. The van der Waals surface area contributed by atoms with Crippen molar-refractivity contribution in [3.63, 3.8) is 0 Å². The van der Waals surface area contributed by atoms with Crippen LogP contribution in [0.2, 0.25) is 5.15 Å². The maximum atomic E-state index is 12.5. The number of sulfone groups is 1. The van der Waals surface area contributed by atoms with Crippen LogP contribution in [0.5, 0.6) is 0 Å². The van der Waals surface area contributed by atoms with Crippen LogP contribution in [0.15, 0.2) is 0 Å². The number of aryl methyl sites for hydroxylation is 1. The average molecular weight is 307 g/mol. The van der Waals surface area contributed by atoms with Crippen molar-refractivity contribution >= 4 is 21.4 Å². The maximum Gasteiger partial charge on any atom is 0.435 e. The lowest BCUT2D eigenvalue weighted by Gasteiger charge is -2.03. The van der Waals surface area contributed by atoms with Gasteiger partial charge in [0.05, 0.1) is 18.9 Å². The van der Waals surface area contributed by atoms with Crippen molar-refractivity contribution in [1.82, 2.24) is 9.78 Å². The molecule has 0 aliphatic heterocycles. The molecule has 0 bridgehead atoms. The van der Waals surface area contributed by atoms with E-state index < -0.39 is 44.8 Å². The number of alkyl halides is 3. The van der Waals surface area contributed by atoms with Gasteiger partial charge >= 0.3 is 6.18 Å². The maximum absolute atomic E-state index is 12.5. The number of aliphatic hydroxyl groups is 1. The molecule has 104 valence electrons. The molecule has 0 radical (unpaired) electrons. The van der Waals surface area contributed by atoms with Crippen molar-refractivity contribution in [2.24, 2.45) is 0 Å². The van der Waals surface area contributed by atoms with E-state index in [-0.39, 0.29) is 6.54 Å². The van der Waals surface area contributed by atoms with Crippen LogP contribution in [0.25, 0.3) is 0 Å². The van der Waals surface area contributed by atoms with Gasteiger partial charge in [0.2, 0.25) is 0 Å². The molecule has 18 heavy (non-hydrogen) atoms. The lowest BCUT2D eigenvalue weighted by atomic mass is 10.2. The Bertz CT molecular complexity index is 539. The lowest BCUT2D eigenvalue weighted by molar-refractivity contribution is -0.142. The van der Waals surface area contributed by atoms with Gasteiger partial charge in [0.1, 0.15) is 15.0 Å². The summed E-state index contributed by atoms with van der Waals surface area (Å²) >= 11 is 5.61. The molecule has 0 saturated carbocycles. The van der Waals surface area contributed by atoms with E-state index in [2.05, 4.69) is 5.10 Å². The minimum absolute atomic E-state index is 0.305. The summed E-state index contributed by atoms with van der Waals surface area (Å²) in [5.74, 6) is -0.392. The third-order valence-corrected chi connectivity index (χ3v) is 3.43. The van der Waals surface area contributed by atoms with Gasteiger partial charge in [0.25, 0.3) is 0 Å². The van der Waals surface area contributed by atoms with Gasteiger partial charge in [-0.3, -0.25) is 4.68 Å². The highest BCUT2D eigenvalue weighted by molar-refractivity contribution is 7.90. The van der Waals surface area contributed by atoms with E-state index in [0.717, 1.165) is 10.9 Å². The zero-order valence-electron chi connectivity index (χ0n) is 9.20. The quantitative estimate of drug-likeness (QED) is 0.904. The van der Waals surface area contributed by atoms with Gasteiger partial charge in [-0.1, -0.05) is 11.6 Å². The number of nitrogens with zero attached hydrogens (tertiary/aromatic N) is 2. The first kappa shape index (κ1) is 15.3. The summed E-state index contributed by atoms with van der Waals surface area (Å²) < 4.78 is 60.2. The van der Waals surface area contributed by atoms with Crippen molar-refractivity contribution in [1.29, 1.82) is 0 Å². The zero-order valence-corrected chi connectivity index (χ0v) is 10.8. The Morgan fingerprint density at radius 2 is 2.00 bits per heavy atom. The van der Waals surface area contributed by atoms with E-state index in [1.807, 2.05) is 0 Å². The van der Waals surface area contributed by atoms with Crippen molar-refractivity contribution < 1.29 is 26.7 Å².